The third kappa shape index (κ3) is 3.20. The zero-order valence-corrected chi connectivity index (χ0v) is 13.2. The number of hydrogen-bond acceptors (Lipinski definition) is 5. The van der Waals surface area contributed by atoms with Crippen molar-refractivity contribution in [1.82, 2.24) is 9.97 Å². The van der Waals surface area contributed by atoms with Gasteiger partial charge in [0.15, 0.2) is 0 Å². The van der Waals surface area contributed by atoms with Crippen LogP contribution in [0.4, 0.5) is 11.6 Å². The van der Waals surface area contributed by atoms with E-state index in [1.165, 1.54) is 0 Å². The summed E-state index contributed by atoms with van der Waals surface area (Å²) in [4.78, 5) is 9.09. The van der Waals surface area contributed by atoms with Gasteiger partial charge in [0.1, 0.15) is 17.5 Å². The van der Waals surface area contributed by atoms with E-state index in [1.54, 1.807) is 7.11 Å². The summed E-state index contributed by atoms with van der Waals surface area (Å²) in [6.07, 6.45) is 3.58. The van der Waals surface area contributed by atoms with Crippen molar-refractivity contribution in [2.24, 2.45) is 0 Å². The lowest BCUT2D eigenvalue weighted by Gasteiger charge is -2.21. The Kier molecular flexibility index (Phi) is 4.18. The summed E-state index contributed by atoms with van der Waals surface area (Å²) in [7, 11) is 1.78. The molecule has 3 N–H and O–H groups in total. The molecule has 5 heteroatoms. The van der Waals surface area contributed by atoms with Crippen LogP contribution in [0.1, 0.15) is 51.4 Å². The fourth-order valence-corrected chi connectivity index (χ4v) is 2.49. The topological polar surface area (TPSA) is 73.1 Å². The number of rotatable bonds is 3. The van der Waals surface area contributed by atoms with Crippen LogP contribution in [0.3, 0.4) is 0 Å². The molecule has 0 aromatic carbocycles. The summed E-state index contributed by atoms with van der Waals surface area (Å²) < 4.78 is 5.41. The number of nitrogens with two attached hydrogens (primary N) is 1. The molecule has 0 spiro atoms. The van der Waals surface area contributed by atoms with Gasteiger partial charge in [-0.05, 0) is 26.2 Å². The number of aromatic nitrogens is 2. The third-order valence-corrected chi connectivity index (χ3v) is 3.91. The molecule has 0 aliphatic heterocycles. The third-order valence-electron chi connectivity index (χ3n) is 3.91. The van der Waals surface area contributed by atoms with Crippen LogP contribution < -0.4 is 11.1 Å². The Morgan fingerprint density at radius 2 is 1.95 bits per heavy atom. The molecule has 0 radical (unpaired) electrons. The second kappa shape index (κ2) is 5.56. The van der Waals surface area contributed by atoms with Crippen molar-refractivity contribution in [3.63, 3.8) is 0 Å². The number of nitrogens with zero attached hydrogens (tertiary/aromatic N) is 2. The summed E-state index contributed by atoms with van der Waals surface area (Å²) in [5.74, 6) is 2.21. The highest BCUT2D eigenvalue weighted by Gasteiger charge is 2.26. The molecular formula is C15H26N4O. The largest absolute Gasteiger partial charge is 0.383 e. The molecule has 0 saturated heterocycles. The average Bonchev–Trinajstić information content (AvgIpc) is 2.81. The monoisotopic (exact) mass is 278 g/mol. The molecule has 2 unspecified atom stereocenters. The Bertz CT molecular complexity index is 481. The molecule has 2 atom stereocenters. The van der Waals surface area contributed by atoms with E-state index in [4.69, 9.17) is 10.5 Å². The summed E-state index contributed by atoms with van der Waals surface area (Å²) in [6, 6.07) is 0.403. The van der Waals surface area contributed by atoms with Gasteiger partial charge in [-0.15, -0.1) is 0 Å². The van der Waals surface area contributed by atoms with Crippen molar-refractivity contribution >= 4 is 11.6 Å². The molecule has 20 heavy (non-hydrogen) atoms. The van der Waals surface area contributed by atoms with Gasteiger partial charge in [0.25, 0.3) is 0 Å². The number of nitrogen functional groups attached to an aromatic ring is 1. The van der Waals surface area contributed by atoms with Gasteiger partial charge in [-0.3, -0.25) is 0 Å². The first kappa shape index (κ1) is 15.0. The predicted molar refractivity (Wildman–Crippen MR) is 81.9 cm³/mol. The van der Waals surface area contributed by atoms with Crippen LogP contribution >= 0.6 is 0 Å². The van der Waals surface area contributed by atoms with Gasteiger partial charge in [0.2, 0.25) is 0 Å². The minimum Gasteiger partial charge on any atom is -0.383 e. The van der Waals surface area contributed by atoms with Crippen molar-refractivity contribution in [3.05, 3.63) is 11.4 Å². The summed E-state index contributed by atoms with van der Waals surface area (Å²) in [5, 5.41) is 3.52. The van der Waals surface area contributed by atoms with Gasteiger partial charge in [0, 0.05) is 24.1 Å². The van der Waals surface area contributed by atoms with Crippen molar-refractivity contribution in [3.8, 4) is 0 Å². The van der Waals surface area contributed by atoms with Gasteiger partial charge < -0.3 is 15.8 Å². The molecule has 1 aliphatic rings. The van der Waals surface area contributed by atoms with Gasteiger partial charge in [0.05, 0.1) is 6.10 Å². The Morgan fingerprint density at radius 1 is 1.25 bits per heavy atom. The molecule has 1 aliphatic carbocycles. The quantitative estimate of drug-likeness (QED) is 0.889. The maximum atomic E-state index is 6.03. The van der Waals surface area contributed by atoms with Crippen molar-refractivity contribution in [2.45, 2.75) is 64.5 Å². The van der Waals surface area contributed by atoms with Crippen LogP contribution in [0.15, 0.2) is 0 Å². The minimum absolute atomic E-state index is 0.108. The standard InChI is InChI=1S/C15H26N4O/c1-9-12(16)18-14(15(2,3)4)19-13(9)17-10-6-7-11(8-10)20-5/h10-11H,6-8H2,1-5H3,(H3,16,17,18,19). The molecule has 1 aromatic heterocycles. The fraction of sp³-hybridized carbons (Fsp3) is 0.733. The van der Waals surface area contributed by atoms with Crippen molar-refractivity contribution < 1.29 is 4.74 Å². The summed E-state index contributed by atoms with van der Waals surface area (Å²) in [5.41, 5.74) is 6.85. The normalized spacial score (nSPS) is 23.1. The minimum atomic E-state index is -0.108. The molecule has 1 fully saturated rings. The Morgan fingerprint density at radius 3 is 2.50 bits per heavy atom. The first-order chi connectivity index (χ1) is 9.31. The van der Waals surface area contributed by atoms with Crippen molar-refractivity contribution in [2.75, 3.05) is 18.2 Å². The van der Waals surface area contributed by atoms with E-state index in [1.807, 2.05) is 6.92 Å². The molecular weight excluding hydrogens is 252 g/mol. The molecule has 5 nitrogen and oxygen atoms in total. The molecule has 1 heterocycles. The number of methoxy groups -OCH3 is 1. The zero-order valence-electron chi connectivity index (χ0n) is 13.2. The molecule has 1 saturated carbocycles. The smallest absolute Gasteiger partial charge is 0.138 e. The van der Waals surface area contributed by atoms with Crippen LogP contribution in [0.25, 0.3) is 0 Å². The van der Waals surface area contributed by atoms with Crippen LogP contribution in [0.2, 0.25) is 0 Å². The fourth-order valence-electron chi connectivity index (χ4n) is 2.49. The average molecular weight is 278 g/mol. The van der Waals surface area contributed by atoms with Crippen LogP contribution in [-0.2, 0) is 10.2 Å². The molecule has 0 amide bonds. The second-order valence-corrected chi connectivity index (χ2v) is 6.67. The summed E-state index contributed by atoms with van der Waals surface area (Å²) >= 11 is 0. The highest BCUT2D eigenvalue weighted by molar-refractivity contribution is 5.55. The highest BCUT2D eigenvalue weighted by atomic mass is 16.5. The van der Waals surface area contributed by atoms with E-state index in [0.717, 1.165) is 36.5 Å². The highest BCUT2D eigenvalue weighted by Crippen LogP contribution is 2.28. The zero-order chi connectivity index (χ0) is 14.9. The van der Waals surface area contributed by atoms with Gasteiger partial charge in [-0.1, -0.05) is 20.8 Å². The lowest BCUT2D eigenvalue weighted by Crippen LogP contribution is -2.23. The van der Waals surface area contributed by atoms with E-state index >= 15 is 0 Å². The molecule has 1 aromatic rings. The van der Waals surface area contributed by atoms with Gasteiger partial charge >= 0.3 is 0 Å². The first-order valence-electron chi connectivity index (χ1n) is 7.25. The van der Waals surface area contributed by atoms with Crippen LogP contribution in [0, 0.1) is 6.92 Å². The van der Waals surface area contributed by atoms with E-state index in [0.29, 0.717) is 18.0 Å². The Balaban J connectivity index is 2.21. The number of nitrogens with one attached hydrogen (secondary N) is 1. The molecule has 2 rings (SSSR count). The number of hydrogen-bond donors (Lipinski definition) is 2. The summed E-state index contributed by atoms with van der Waals surface area (Å²) in [6.45, 7) is 8.25. The van der Waals surface area contributed by atoms with Crippen LogP contribution in [0.5, 0.6) is 0 Å². The number of anilines is 2. The van der Waals surface area contributed by atoms with E-state index in [-0.39, 0.29) is 5.41 Å². The van der Waals surface area contributed by atoms with Crippen LogP contribution in [-0.4, -0.2) is 29.2 Å². The van der Waals surface area contributed by atoms with E-state index in [2.05, 4.69) is 36.1 Å². The first-order valence-corrected chi connectivity index (χ1v) is 7.25. The van der Waals surface area contributed by atoms with Crippen molar-refractivity contribution in [1.29, 1.82) is 0 Å². The SMILES string of the molecule is COC1CCC(Nc2nc(C(C)(C)C)nc(N)c2C)C1. The molecule has 112 valence electrons. The lowest BCUT2D eigenvalue weighted by molar-refractivity contribution is 0.108. The second-order valence-electron chi connectivity index (χ2n) is 6.67. The van der Waals surface area contributed by atoms with Gasteiger partial charge in [-0.25, -0.2) is 9.97 Å². The molecule has 0 bridgehead atoms. The Hall–Kier alpha value is -1.36. The Labute approximate surface area is 121 Å². The number of ether oxygens (including phenoxy) is 1. The maximum Gasteiger partial charge on any atom is 0.138 e. The van der Waals surface area contributed by atoms with E-state index in [9.17, 15) is 0 Å². The van der Waals surface area contributed by atoms with E-state index < -0.39 is 0 Å². The van der Waals surface area contributed by atoms with Gasteiger partial charge in [-0.2, -0.15) is 0 Å². The predicted octanol–water partition coefficient (Wildman–Crippen LogP) is 2.64. The maximum absolute atomic E-state index is 6.03. The lowest BCUT2D eigenvalue weighted by atomic mass is 9.95.